The molecule has 8 heteroatoms. The molecule has 5 rings (SSSR count). The van der Waals surface area contributed by atoms with Crippen molar-refractivity contribution in [3.8, 4) is 0 Å². The predicted octanol–water partition coefficient (Wildman–Crippen LogP) is 3.55. The molecule has 2 bridgehead atoms. The van der Waals surface area contributed by atoms with Crippen LogP contribution in [0, 0.1) is 16.0 Å². The van der Waals surface area contributed by atoms with E-state index < -0.39 is 16.2 Å². The highest BCUT2D eigenvalue weighted by atomic mass is 16.6. The third-order valence-corrected chi connectivity index (χ3v) is 6.59. The number of benzene rings is 1. The van der Waals surface area contributed by atoms with Gasteiger partial charge >= 0.3 is 11.2 Å². The van der Waals surface area contributed by atoms with Gasteiger partial charge in [-0.15, -0.1) is 0 Å². The van der Waals surface area contributed by atoms with Crippen LogP contribution in [-0.4, -0.2) is 38.0 Å². The zero-order valence-electron chi connectivity index (χ0n) is 17.5. The van der Waals surface area contributed by atoms with Gasteiger partial charge in [0.2, 0.25) is 0 Å². The summed E-state index contributed by atoms with van der Waals surface area (Å²) >= 11 is 0. The number of hydrogen-bond donors (Lipinski definition) is 0. The number of piperidine rings is 1. The highest BCUT2D eigenvalue weighted by Crippen LogP contribution is 2.36. The number of pyridine rings is 1. The Bertz CT molecular complexity index is 1270. The van der Waals surface area contributed by atoms with Crippen LogP contribution in [0.1, 0.15) is 48.3 Å². The second kappa shape index (κ2) is 7.08. The summed E-state index contributed by atoms with van der Waals surface area (Å²) < 4.78 is 3.70. The number of aromatic nitrogens is 2. The van der Waals surface area contributed by atoms with E-state index in [9.17, 15) is 19.7 Å². The summed E-state index contributed by atoms with van der Waals surface area (Å²) in [4.78, 5) is 38.3. The fourth-order valence-electron chi connectivity index (χ4n) is 5.15. The van der Waals surface area contributed by atoms with E-state index in [1.165, 1.54) is 6.07 Å². The van der Waals surface area contributed by atoms with Crippen molar-refractivity contribution in [2.75, 3.05) is 13.1 Å². The van der Waals surface area contributed by atoms with Crippen LogP contribution >= 0.6 is 0 Å². The predicted molar refractivity (Wildman–Crippen MR) is 116 cm³/mol. The molecular formula is C23H24N4O4. The quantitative estimate of drug-likeness (QED) is 0.479. The Morgan fingerprint density at radius 3 is 2.68 bits per heavy atom. The summed E-state index contributed by atoms with van der Waals surface area (Å²) in [7, 11) is 0. The molecule has 160 valence electrons. The molecule has 2 aromatic heterocycles. The van der Waals surface area contributed by atoms with Gasteiger partial charge in [-0.3, -0.25) is 19.7 Å². The summed E-state index contributed by atoms with van der Waals surface area (Å²) in [6, 6.07) is 11.2. The zero-order chi connectivity index (χ0) is 21.9. The monoisotopic (exact) mass is 420 g/mol. The van der Waals surface area contributed by atoms with Crippen LogP contribution in [0.25, 0.3) is 10.9 Å². The van der Waals surface area contributed by atoms with Gasteiger partial charge in [0.25, 0.3) is 5.91 Å². The largest absolute Gasteiger partial charge is 0.345 e. The zero-order valence-corrected chi connectivity index (χ0v) is 17.5. The number of nitro groups is 1. The lowest BCUT2D eigenvalue weighted by Gasteiger charge is -2.42. The van der Waals surface area contributed by atoms with Crippen molar-refractivity contribution in [2.45, 2.75) is 38.8 Å². The van der Waals surface area contributed by atoms with Crippen LogP contribution in [0.2, 0.25) is 0 Å². The molecule has 0 radical (unpaired) electrons. The van der Waals surface area contributed by atoms with Gasteiger partial charge in [0, 0.05) is 60.6 Å². The van der Waals surface area contributed by atoms with Gasteiger partial charge < -0.3 is 14.0 Å². The number of likely N-dealkylation sites (tertiary alicyclic amines) is 1. The smallest absolute Gasteiger partial charge is 0.334 e. The second-order valence-corrected chi connectivity index (χ2v) is 8.92. The van der Waals surface area contributed by atoms with E-state index in [0.29, 0.717) is 31.2 Å². The molecule has 0 unspecified atom stereocenters. The lowest BCUT2D eigenvalue weighted by atomic mass is 9.83. The fourth-order valence-corrected chi connectivity index (χ4v) is 5.15. The fraction of sp³-hybridized carbons (Fsp3) is 0.391. The molecule has 2 atom stereocenters. The van der Waals surface area contributed by atoms with Gasteiger partial charge in [0.05, 0.1) is 4.92 Å². The van der Waals surface area contributed by atoms with Crippen molar-refractivity contribution in [3.05, 3.63) is 74.3 Å². The first-order chi connectivity index (χ1) is 14.8. The van der Waals surface area contributed by atoms with Crippen molar-refractivity contribution >= 4 is 22.5 Å². The van der Waals surface area contributed by atoms with Crippen molar-refractivity contribution in [1.82, 2.24) is 14.0 Å². The maximum atomic E-state index is 13.4. The number of rotatable bonds is 3. The molecule has 1 saturated heterocycles. The molecule has 0 N–H and O–H groups in total. The molecule has 1 amide bonds. The molecule has 4 heterocycles. The van der Waals surface area contributed by atoms with E-state index in [1.54, 1.807) is 10.6 Å². The normalized spacial score (nSPS) is 20.2. The average Bonchev–Trinajstić information content (AvgIpc) is 3.17. The van der Waals surface area contributed by atoms with Crippen molar-refractivity contribution in [3.63, 3.8) is 0 Å². The van der Waals surface area contributed by atoms with Gasteiger partial charge in [0.1, 0.15) is 0 Å². The van der Waals surface area contributed by atoms with Crippen LogP contribution < -0.4 is 5.56 Å². The third kappa shape index (κ3) is 3.13. The number of carbonyl (C=O) groups is 1. The van der Waals surface area contributed by atoms with E-state index in [1.807, 2.05) is 29.3 Å². The number of fused-ring (bicyclic) bond motifs is 5. The third-order valence-electron chi connectivity index (χ3n) is 6.59. The van der Waals surface area contributed by atoms with Crippen molar-refractivity contribution < 1.29 is 9.72 Å². The van der Waals surface area contributed by atoms with Gasteiger partial charge in [-0.1, -0.05) is 6.07 Å². The van der Waals surface area contributed by atoms with Crippen molar-refractivity contribution in [1.29, 1.82) is 0 Å². The summed E-state index contributed by atoms with van der Waals surface area (Å²) in [6.45, 7) is 5.70. The Labute approximate surface area is 178 Å². The van der Waals surface area contributed by atoms with Crippen LogP contribution in [0.15, 0.2) is 47.4 Å². The minimum Gasteiger partial charge on any atom is -0.345 e. The Hall–Kier alpha value is -3.42. The molecule has 0 spiro atoms. The first kappa shape index (κ1) is 19.5. The molecule has 8 nitrogen and oxygen atoms in total. The summed E-state index contributed by atoms with van der Waals surface area (Å²) in [5.41, 5.74) is 1.56. The van der Waals surface area contributed by atoms with E-state index >= 15 is 0 Å². The van der Waals surface area contributed by atoms with E-state index in [-0.39, 0.29) is 17.7 Å². The molecule has 0 aliphatic carbocycles. The van der Waals surface area contributed by atoms with Crippen molar-refractivity contribution in [2.24, 2.45) is 5.92 Å². The summed E-state index contributed by atoms with van der Waals surface area (Å²) in [5, 5.41) is 12.2. The molecule has 0 saturated carbocycles. The maximum Gasteiger partial charge on any atom is 0.334 e. The molecule has 31 heavy (non-hydrogen) atoms. The molecule has 3 aromatic rings. The van der Waals surface area contributed by atoms with Crippen LogP contribution in [-0.2, 0) is 6.54 Å². The highest BCUT2D eigenvalue weighted by Gasteiger charge is 2.37. The first-order valence-corrected chi connectivity index (χ1v) is 10.6. The van der Waals surface area contributed by atoms with E-state index in [2.05, 4.69) is 24.5 Å². The van der Waals surface area contributed by atoms with Crippen LogP contribution in [0.3, 0.4) is 0 Å². The van der Waals surface area contributed by atoms with Gasteiger partial charge in [0.15, 0.2) is 0 Å². The molecular weight excluding hydrogens is 396 g/mol. The number of hydrogen-bond acceptors (Lipinski definition) is 4. The first-order valence-electron chi connectivity index (χ1n) is 10.6. The lowest BCUT2D eigenvalue weighted by molar-refractivity contribution is -0.386. The standard InChI is InChI=1S/C23H24N4O4/c1-14(2)25-8-7-16-3-4-17(10-21(16)25)22(28)24-11-15-9-18(13-24)19-5-6-20(27(30)31)23(29)26(19)12-15/h3-8,10,14-15,18H,9,11-13H2,1-2H3/t15-,18+/m0/s1. The van der Waals surface area contributed by atoms with Crippen LogP contribution in [0.4, 0.5) is 5.69 Å². The molecule has 2 aliphatic rings. The topological polar surface area (TPSA) is 90.4 Å². The minimum atomic E-state index is -0.626. The Morgan fingerprint density at radius 2 is 1.94 bits per heavy atom. The minimum absolute atomic E-state index is 0.00760. The number of amides is 1. The van der Waals surface area contributed by atoms with Crippen LogP contribution in [0.5, 0.6) is 0 Å². The maximum absolute atomic E-state index is 13.4. The molecule has 1 aromatic carbocycles. The number of carbonyl (C=O) groups excluding carboxylic acids is 1. The van der Waals surface area contributed by atoms with E-state index in [4.69, 9.17) is 0 Å². The average molecular weight is 420 g/mol. The van der Waals surface area contributed by atoms with Gasteiger partial charge in [-0.2, -0.15) is 0 Å². The van der Waals surface area contributed by atoms with Gasteiger partial charge in [-0.25, -0.2) is 0 Å². The Kier molecular flexibility index (Phi) is 4.46. The number of nitrogens with zero attached hydrogens (tertiary/aromatic N) is 4. The molecule has 2 aliphatic heterocycles. The summed E-state index contributed by atoms with van der Waals surface area (Å²) in [5.74, 6) is 0.109. The Morgan fingerprint density at radius 1 is 1.13 bits per heavy atom. The molecule has 1 fully saturated rings. The van der Waals surface area contributed by atoms with E-state index in [0.717, 1.165) is 23.0 Å². The second-order valence-electron chi connectivity index (χ2n) is 8.92. The lowest BCUT2D eigenvalue weighted by Crippen LogP contribution is -2.49. The Balaban J connectivity index is 1.45. The van der Waals surface area contributed by atoms with Gasteiger partial charge in [-0.05, 0) is 55.8 Å². The highest BCUT2D eigenvalue weighted by molar-refractivity contribution is 5.98. The SMILES string of the molecule is CC(C)n1ccc2ccc(C(=O)N3C[C@@H]4C[C@H](C3)c3ccc([N+](=O)[O-])c(=O)n3C4)cc21. The summed E-state index contributed by atoms with van der Waals surface area (Å²) in [6.07, 6.45) is 2.93.